The van der Waals surface area contributed by atoms with Gasteiger partial charge in [-0.3, -0.25) is 4.79 Å². The van der Waals surface area contributed by atoms with E-state index in [9.17, 15) is 9.59 Å². The van der Waals surface area contributed by atoms with Crippen LogP contribution in [0.4, 0.5) is 0 Å². The monoisotopic (exact) mass is 443 g/mol. The van der Waals surface area contributed by atoms with E-state index in [0.717, 1.165) is 50.0 Å². The zero-order valence-electron chi connectivity index (χ0n) is 18.8. The summed E-state index contributed by atoms with van der Waals surface area (Å²) in [7, 11) is 0. The van der Waals surface area contributed by atoms with Gasteiger partial charge in [0.1, 0.15) is 0 Å². The van der Waals surface area contributed by atoms with Crippen LogP contribution in [0.1, 0.15) is 84.6 Å². The van der Waals surface area contributed by atoms with Crippen molar-refractivity contribution in [3.63, 3.8) is 0 Å². The lowest BCUT2D eigenvalue weighted by Gasteiger charge is -2.15. The molecule has 168 valence electrons. The molecule has 0 atom stereocenters. The van der Waals surface area contributed by atoms with Crippen LogP contribution in [-0.2, 0) is 11.3 Å². The number of nitrogens with one attached hydrogen (secondary N) is 1. The third-order valence-corrected chi connectivity index (χ3v) is 6.51. The summed E-state index contributed by atoms with van der Waals surface area (Å²) in [4.78, 5) is 29.4. The summed E-state index contributed by atoms with van der Waals surface area (Å²) in [5, 5.41) is 5.23. The van der Waals surface area contributed by atoms with E-state index in [1.165, 1.54) is 29.8 Å². The Balaban J connectivity index is 1.89. The van der Waals surface area contributed by atoms with Crippen molar-refractivity contribution in [3.05, 3.63) is 39.4 Å². The second-order valence-electron chi connectivity index (χ2n) is 7.91. The molecule has 1 N–H and O–H groups in total. The molecule has 0 fully saturated rings. The van der Waals surface area contributed by atoms with Gasteiger partial charge >= 0.3 is 5.97 Å². The van der Waals surface area contributed by atoms with Crippen LogP contribution < -0.4 is 5.32 Å². The molecular weight excluding hydrogens is 410 g/mol. The maximum atomic E-state index is 12.8. The number of ether oxygens (including phenoxy) is 1. The SMILES string of the molecule is CCCCNC(=O)c1cc(-c2csc(C(=O)OCC)n2)n(CCC2=CCCCC2)c1C. The molecule has 0 saturated heterocycles. The number of unbranched alkanes of at least 4 members (excludes halogenated alkanes) is 1. The van der Waals surface area contributed by atoms with Crippen LogP contribution >= 0.6 is 11.3 Å². The zero-order chi connectivity index (χ0) is 22.2. The minimum absolute atomic E-state index is 0.0522. The van der Waals surface area contributed by atoms with Crippen LogP contribution in [0, 0.1) is 6.92 Å². The predicted molar refractivity (Wildman–Crippen MR) is 125 cm³/mol. The number of carbonyl (C=O) groups is 2. The van der Waals surface area contributed by atoms with Crippen LogP contribution in [0.3, 0.4) is 0 Å². The number of rotatable bonds is 10. The summed E-state index contributed by atoms with van der Waals surface area (Å²) in [6.45, 7) is 7.67. The molecule has 31 heavy (non-hydrogen) atoms. The highest BCUT2D eigenvalue weighted by molar-refractivity contribution is 7.11. The van der Waals surface area contributed by atoms with Crippen LogP contribution in [0.2, 0.25) is 0 Å². The quantitative estimate of drug-likeness (QED) is 0.298. The van der Waals surface area contributed by atoms with Crippen LogP contribution in [0.15, 0.2) is 23.1 Å². The van der Waals surface area contributed by atoms with Gasteiger partial charge in [-0.05, 0) is 58.4 Å². The van der Waals surface area contributed by atoms with E-state index < -0.39 is 5.97 Å². The lowest BCUT2D eigenvalue weighted by Crippen LogP contribution is -2.24. The first-order chi connectivity index (χ1) is 15.0. The molecular formula is C24H33N3O3S. The normalized spacial score (nSPS) is 13.7. The smallest absolute Gasteiger partial charge is 0.367 e. The Bertz CT molecular complexity index is 942. The molecule has 6 nitrogen and oxygen atoms in total. The minimum Gasteiger partial charge on any atom is -0.461 e. The van der Waals surface area contributed by atoms with Crippen molar-refractivity contribution >= 4 is 23.2 Å². The third-order valence-electron chi connectivity index (χ3n) is 5.69. The van der Waals surface area contributed by atoms with Crippen molar-refractivity contribution in [1.82, 2.24) is 14.9 Å². The van der Waals surface area contributed by atoms with Crippen LogP contribution in [0.25, 0.3) is 11.4 Å². The number of esters is 1. The third kappa shape index (κ3) is 5.85. The lowest BCUT2D eigenvalue weighted by molar-refractivity contribution is 0.0526. The van der Waals surface area contributed by atoms with E-state index in [0.29, 0.717) is 29.4 Å². The van der Waals surface area contributed by atoms with Crippen LogP contribution in [-0.4, -0.2) is 34.6 Å². The van der Waals surface area contributed by atoms with Gasteiger partial charge in [0.25, 0.3) is 5.91 Å². The summed E-state index contributed by atoms with van der Waals surface area (Å²) in [5.41, 5.74) is 4.69. The first-order valence-corrected chi connectivity index (χ1v) is 12.2. The van der Waals surface area contributed by atoms with Crippen molar-refractivity contribution in [2.45, 2.75) is 72.3 Å². The van der Waals surface area contributed by atoms with Crippen molar-refractivity contribution in [1.29, 1.82) is 0 Å². The number of thiazole rings is 1. The van der Waals surface area contributed by atoms with Gasteiger partial charge < -0.3 is 14.6 Å². The van der Waals surface area contributed by atoms with Gasteiger partial charge in [0, 0.05) is 24.2 Å². The Hall–Kier alpha value is -2.41. The van der Waals surface area contributed by atoms with E-state index in [2.05, 4.69) is 27.9 Å². The largest absolute Gasteiger partial charge is 0.461 e. The summed E-state index contributed by atoms with van der Waals surface area (Å²) in [6, 6.07) is 1.91. The molecule has 0 unspecified atom stereocenters. The number of hydrogen-bond donors (Lipinski definition) is 1. The second kappa shape index (κ2) is 11.3. The zero-order valence-corrected chi connectivity index (χ0v) is 19.6. The van der Waals surface area contributed by atoms with Crippen molar-refractivity contribution in [3.8, 4) is 11.4 Å². The molecule has 2 heterocycles. The Kier molecular flexibility index (Phi) is 8.46. The van der Waals surface area contributed by atoms with Gasteiger partial charge in [-0.2, -0.15) is 0 Å². The first kappa shape index (κ1) is 23.3. The number of hydrogen-bond acceptors (Lipinski definition) is 5. The van der Waals surface area contributed by atoms with Gasteiger partial charge in [0.2, 0.25) is 5.01 Å². The van der Waals surface area contributed by atoms with Crippen molar-refractivity contribution < 1.29 is 14.3 Å². The number of aromatic nitrogens is 2. The maximum absolute atomic E-state index is 12.8. The fourth-order valence-corrected chi connectivity index (χ4v) is 4.62. The number of nitrogens with zero attached hydrogens (tertiary/aromatic N) is 2. The van der Waals surface area contributed by atoms with E-state index in [-0.39, 0.29) is 5.91 Å². The lowest BCUT2D eigenvalue weighted by atomic mass is 9.97. The molecule has 0 saturated carbocycles. The minimum atomic E-state index is -0.404. The van der Waals surface area contributed by atoms with Crippen LogP contribution in [0.5, 0.6) is 0 Å². The highest BCUT2D eigenvalue weighted by atomic mass is 32.1. The van der Waals surface area contributed by atoms with Gasteiger partial charge in [-0.25, -0.2) is 9.78 Å². The molecule has 1 aliphatic rings. The molecule has 0 radical (unpaired) electrons. The average molecular weight is 444 g/mol. The van der Waals surface area contributed by atoms with Crippen molar-refractivity contribution in [2.75, 3.05) is 13.2 Å². The Morgan fingerprint density at radius 3 is 2.84 bits per heavy atom. The summed E-state index contributed by atoms with van der Waals surface area (Å²) < 4.78 is 7.26. The molecule has 2 aromatic heterocycles. The molecule has 3 rings (SSSR count). The molecule has 0 bridgehead atoms. The van der Waals surface area contributed by atoms with E-state index in [1.54, 1.807) is 6.92 Å². The standard InChI is InChI=1S/C24H33N3O3S/c1-4-6-13-25-22(28)19-15-21(20-16-31-23(26-20)24(29)30-5-2)27(17(19)3)14-12-18-10-8-7-9-11-18/h10,15-16H,4-9,11-14H2,1-3H3,(H,25,28). The molecule has 0 aliphatic heterocycles. The fraction of sp³-hybridized carbons (Fsp3) is 0.542. The van der Waals surface area contributed by atoms with Gasteiger partial charge in [0.15, 0.2) is 0 Å². The fourth-order valence-electron chi connectivity index (χ4n) is 3.91. The van der Waals surface area contributed by atoms with Crippen molar-refractivity contribution in [2.24, 2.45) is 0 Å². The molecule has 2 aromatic rings. The second-order valence-corrected chi connectivity index (χ2v) is 8.76. The number of allylic oxidation sites excluding steroid dienone is 2. The van der Waals surface area contributed by atoms with Gasteiger partial charge in [-0.1, -0.05) is 25.0 Å². The average Bonchev–Trinajstić information content (AvgIpc) is 3.38. The molecule has 1 aliphatic carbocycles. The number of amides is 1. The molecule has 0 aromatic carbocycles. The molecule has 7 heteroatoms. The topological polar surface area (TPSA) is 73.2 Å². The maximum Gasteiger partial charge on any atom is 0.367 e. The Morgan fingerprint density at radius 2 is 2.13 bits per heavy atom. The number of carbonyl (C=O) groups excluding carboxylic acids is 2. The van der Waals surface area contributed by atoms with E-state index in [1.807, 2.05) is 18.4 Å². The molecule has 1 amide bonds. The highest BCUT2D eigenvalue weighted by Gasteiger charge is 2.21. The van der Waals surface area contributed by atoms with Gasteiger partial charge in [-0.15, -0.1) is 11.3 Å². The molecule has 0 spiro atoms. The first-order valence-electron chi connectivity index (χ1n) is 11.3. The Morgan fingerprint density at radius 1 is 1.29 bits per heavy atom. The highest BCUT2D eigenvalue weighted by Crippen LogP contribution is 2.29. The predicted octanol–water partition coefficient (Wildman–Crippen LogP) is 5.52. The Labute approximate surface area is 188 Å². The summed E-state index contributed by atoms with van der Waals surface area (Å²) in [6.07, 6.45) is 10.2. The summed E-state index contributed by atoms with van der Waals surface area (Å²) >= 11 is 1.28. The van der Waals surface area contributed by atoms with E-state index in [4.69, 9.17) is 4.74 Å². The van der Waals surface area contributed by atoms with E-state index >= 15 is 0 Å². The summed E-state index contributed by atoms with van der Waals surface area (Å²) in [5.74, 6) is -0.456. The van der Waals surface area contributed by atoms with Gasteiger partial charge in [0.05, 0.1) is 23.6 Å².